The normalized spacial score (nSPS) is 11.1. The largest absolute Gasteiger partial charge is 0.456 e. The summed E-state index contributed by atoms with van der Waals surface area (Å²) in [5.74, 6) is 1.07. The van der Waals surface area contributed by atoms with Crippen molar-refractivity contribution in [1.29, 1.82) is 0 Å². The number of pyridine rings is 1. The van der Waals surface area contributed by atoms with E-state index in [4.69, 9.17) is 4.74 Å². The van der Waals surface area contributed by atoms with Crippen LogP contribution in [0.15, 0.2) is 53.5 Å². The van der Waals surface area contributed by atoms with Gasteiger partial charge in [0.25, 0.3) is 11.5 Å². The first-order valence-electron chi connectivity index (χ1n) is 10.8. The van der Waals surface area contributed by atoms with Crippen molar-refractivity contribution in [1.82, 2.24) is 14.9 Å². The topological polar surface area (TPSA) is 96.3 Å². The molecule has 3 N–H and O–H groups in total. The fourth-order valence-electron chi connectivity index (χ4n) is 3.97. The number of ether oxygens (including phenoxy) is 1. The van der Waals surface area contributed by atoms with Crippen molar-refractivity contribution in [3.05, 3.63) is 81.4 Å². The molecule has 7 heteroatoms. The maximum absolute atomic E-state index is 12.8. The molecule has 0 saturated heterocycles. The van der Waals surface area contributed by atoms with Gasteiger partial charge in [0, 0.05) is 36.3 Å². The van der Waals surface area contributed by atoms with Crippen LogP contribution in [0.25, 0.3) is 22.0 Å². The van der Waals surface area contributed by atoms with Gasteiger partial charge in [-0.25, -0.2) is 0 Å². The first-order chi connectivity index (χ1) is 15.8. The third-order valence-electron chi connectivity index (χ3n) is 5.68. The molecule has 170 valence electrons. The average molecular weight is 446 g/mol. The van der Waals surface area contributed by atoms with Gasteiger partial charge in [0.15, 0.2) is 0 Å². The molecule has 0 spiro atoms. The Labute approximate surface area is 191 Å². The van der Waals surface area contributed by atoms with Crippen molar-refractivity contribution in [2.45, 2.75) is 27.4 Å². The lowest BCUT2D eigenvalue weighted by Gasteiger charge is -2.17. The van der Waals surface area contributed by atoms with E-state index >= 15 is 0 Å². The lowest BCUT2D eigenvalue weighted by molar-refractivity contribution is 0.0951. The van der Waals surface area contributed by atoms with Crippen LogP contribution < -0.4 is 15.6 Å². The third kappa shape index (κ3) is 4.15. The Morgan fingerprint density at radius 2 is 1.85 bits per heavy atom. The summed E-state index contributed by atoms with van der Waals surface area (Å²) >= 11 is 0. The Kier molecular flexibility index (Phi) is 6.07. The zero-order valence-electron chi connectivity index (χ0n) is 19.2. The fourth-order valence-corrected chi connectivity index (χ4v) is 3.97. The SMILES string of the molecule is CCNC(=O)c1cc2c(-c3cc(CO)ccc3Oc3c(C)cccc3C)cn(C)c(=O)c2[nH]1. The molecule has 0 unspecified atom stereocenters. The molecule has 2 heterocycles. The summed E-state index contributed by atoms with van der Waals surface area (Å²) in [7, 11) is 1.67. The predicted octanol–water partition coefficient (Wildman–Crippen LogP) is 4.18. The summed E-state index contributed by atoms with van der Waals surface area (Å²) in [6.07, 6.45) is 1.73. The summed E-state index contributed by atoms with van der Waals surface area (Å²) in [4.78, 5) is 28.2. The number of aliphatic hydroxyl groups is 1. The fraction of sp³-hybridized carbons (Fsp3) is 0.231. The van der Waals surface area contributed by atoms with Crippen LogP contribution in [-0.2, 0) is 13.7 Å². The van der Waals surface area contributed by atoms with Gasteiger partial charge >= 0.3 is 0 Å². The number of aromatic amines is 1. The molecule has 0 fully saturated rings. The molecule has 1 amide bonds. The Morgan fingerprint density at radius 3 is 2.52 bits per heavy atom. The molecule has 7 nitrogen and oxygen atoms in total. The second kappa shape index (κ2) is 8.96. The van der Waals surface area contributed by atoms with Gasteiger partial charge in [-0.2, -0.15) is 0 Å². The lowest BCUT2D eigenvalue weighted by Crippen LogP contribution is -2.23. The molecular weight excluding hydrogens is 418 g/mol. The predicted molar refractivity (Wildman–Crippen MR) is 129 cm³/mol. The number of aliphatic hydroxyl groups excluding tert-OH is 1. The highest BCUT2D eigenvalue weighted by molar-refractivity contribution is 6.03. The minimum absolute atomic E-state index is 0.136. The number of aromatic nitrogens is 2. The average Bonchev–Trinajstić information content (AvgIpc) is 3.25. The van der Waals surface area contributed by atoms with Crippen molar-refractivity contribution in [3.63, 3.8) is 0 Å². The number of fused-ring (bicyclic) bond motifs is 1. The van der Waals surface area contributed by atoms with E-state index in [0.717, 1.165) is 22.4 Å². The Hall–Kier alpha value is -3.84. The van der Waals surface area contributed by atoms with Crippen molar-refractivity contribution < 1.29 is 14.6 Å². The van der Waals surface area contributed by atoms with E-state index in [1.165, 1.54) is 4.57 Å². The number of hydrogen-bond acceptors (Lipinski definition) is 4. The number of carbonyl (C=O) groups is 1. The van der Waals surface area contributed by atoms with Gasteiger partial charge in [0.05, 0.1) is 6.61 Å². The van der Waals surface area contributed by atoms with E-state index in [0.29, 0.717) is 40.0 Å². The number of carbonyl (C=O) groups excluding carboxylic acids is 1. The van der Waals surface area contributed by atoms with Crippen molar-refractivity contribution in [3.8, 4) is 22.6 Å². The summed E-state index contributed by atoms with van der Waals surface area (Å²) < 4.78 is 7.85. The van der Waals surface area contributed by atoms with E-state index in [1.807, 2.05) is 57.2 Å². The van der Waals surface area contributed by atoms with Crippen LogP contribution in [0.1, 0.15) is 34.1 Å². The van der Waals surface area contributed by atoms with Gasteiger partial charge in [0.2, 0.25) is 0 Å². The highest BCUT2D eigenvalue weighted by Gasteiger charge is 2.19. The van der Waals surface area contributed by atoms with Gasteiger partial charge in [0.1, 0.15) is 22.7 Å². The number of nitrogens with one attached hydrogen (secondary N) is 2. The summed E-state index contributed by atoms with van der Waals surface area (Å²) in [6, 6.07) is 13.1. The van der Waals surface area contributed by atoms with Crippen LogP contribution in [0.5, 0.6) is 11.5 Å². The van der Waals surface area contributed by atoms with Gasteiger partial charge in [-0.3, -0.25) is 9.59 Å². The summed E-state index contributed by atoms with van der Waals surface area (Å²) in [6.45, 7) is 6.15. The standard InChI is InChI=1S/C26H27N3O4/c1-5-27-25(31)21-12-19-20(13-29(4)26(32)23(19)28-21)18-11-17(14-30)9-10-22(18)33-24-15(2)7-6-8-16(24)3/h6-13,28,30H,5,14H2,1-4H3,(H,27,31). The third-order valence-corrected chi connectivity index (χ3v) is 5.68. The van der Waals surface area contributed by atoms with E-state index in [9.17, 15) is 14.7 Å². The molecule has 33 heavy (non-hydrogen) atoms. The Bertz CT molecular complexity index is 1400. The van der Waals surface area contributed by atoms with Crippen LogP contribution >= 0.6 is 0 Å². The van der Waals surface area contributed by atoms with E-state index in [-0.39, 0.29) is 18.1 Å². The summed E-state index contributed by atoms with van der Waals surface area (Å²) in [5.41, 5.74) is 4.55. The smallest absolute Gasteiger partial charge is 0.274 e. The molecule has 0 aliphatic carbocycles. The molecule has 0 saturated carbocycles. The monoisotopic (exact) mass is 445 g/mol. The maximum Gasteiger partial charge on any atom is 0.274 e. The molecule has 0 aliphatic rings. The molecule has 2 aromatic heterocycles. The van der Waals surface area contributed by atoms with Crippen LogP contribution in [0.4, 0.5) is 0 Å². The second-order valence-corrected chi connectivity index (χ2v) is 8.10. The summed E-state index contributed by atoms with van der Waals surface area (Å²) in [5, 5.41) is 13.1. The molecule has 0 atom stereocenters. The highest BCUT2D eigenvalue weighted by atomic mass is 16.5. The molecule has 0 aliphatic heterocycles. The highest BCUT2D eigenvalue weighted by Crippen LogP contribution is 2.39. The molecule has 0 radical (unpaired) electrons. The minimum Gasteiger partial charge on any atom is -0.456 e. The first kappa shape index (κ1) is 22.4. The zero-order valence-corrected chi connectivity index (χ0v) is 19.2. The Balaban J connectivity index is 1.96. The van der Waals surface area contributed by atoms with Gasteiger partial charge in [-0.15, -0.1) is 0 Å². The number of benzene rings is 2. The van der Waals surface area contributed by atoms with Crippen LogP contribution in [0, 0.1) is 13.8 Å². The van der Waals surface area contributed by atoms with E-state index < -0.39 is 0 Å². The zero-order chi connectivity index (χ0) is 23.7. The number of rotatable bonds is 6. The van der Waals surface area contributed by atoms with Crippen LogP contribution in [-0.4, -0.2) is 27.1 Å². The number of para-hydroxylation sites is 1. The quantitative estimate of drug-likeness (QED) is 0.415. The number of aryl methyl sites for hydroxylation is 3. The van der Waals surface area contributed by atoms with E-state index in [2.05, 4.69) is 10.3 Å². The molecule has 0 bridgehead atoms. The van der Waals surface area contributed by atoms with E-state index in [1.54, 1.807) is 19.3 Å². The van der Waals surface area contributed by atoms with Crippen molar-refractivity contribution in [2.75, 3.05) is 6.54 Å². The number of nitrogens with zero attached hydrogens (tertiary/aromatic N) is 1. The number of hydrogen-bond donors (Lipinski definition) is 3. The van der Waals surface area contributed by atoms with Crippen LogP contribution in [0.3, 0.4) is 0 Å². The van der Waals surface area contributed by atoms with Crippen molar-refractivity contribution >= 4 is 16.8 Å². The number of H-pyrrole nitrogens is 1. The maximum atomic E-state index is 12.8. The minimum atomic E-state index is -0.280. The Morgan fingerprint density at radius 1 is 1.12 bits per heavy atom. The van der Waals surface area contributed by atoms with Gasteiger partial charge < -0.3 is 24.7 Å². The van der Waals surface area contributed by atoms with Crippen molar-refractivity contribution in [2.24, 2.45) is 7.05 Å². The molecular formula is C26H27N3O4. The molecule has 4 rings (SSSR count). The lowest BCUT2D eigenvalue weighted by atomic mass is 10.00. The first-order valence-corrected chi connectivity index (χ1v) is 10.8. The number of amides is 1. The molecule has 4 aromatic rings. The van der Waals surface area contributed by atoms with Gasteiger partial charge in [-0.1, -0.05) is 24.3 Å². The van der Waals surface area contributed by atoms with Gasteiger partial charge in [-0.05, 0) is 55.7 Å². The second-order valence-electron chi connectivity index (χ2n) is 8.10. The van der Waals surface area contributed by atoms with Crippen LogP contribution in [0.2, 0.25) is 0 Å². The molecule has 2 aromatic carbocycles.